The number of isocyanates is 1. The first-order chi connectivity index (χ1) is 7.34. The second kappa shape index (κ2) is 2.78. The fourth-order valence-corrected chi connectivity index (χ4v) is 1.72. The van der Waals surface area contributed by atoms with Crippen LogP contribution in [0, 0.1) is 0 Å². The van der Waals surface area contributed by atoms with Crippen molar-refractivity contribution >= 4 is 17.2 Å². The van der Waals surface area contributed by atoms with E-state index in [4.69, 9.17) is 4.42 Å². The van der Waals surface area contributed by atoms with Gasteiger partial charge in [0, 0.05) is 11.6 Å². The Labute approximate surface area is 85.6 Å². The van der Waals surface area contributed by atoms with Crippen molar-refractivity contribution in [2.75, 3.05) is 0 Å². The molecule has 0 radical (unpaired) electrons. The molecule has 2 heterocycles. The summed E-state index contributed by atoms with van der Waals surface area (Å²) in [5, 5.41) is 0.944. The summed E-state index contributed by atoms with van der Waals surface area (Å²) in [5.74, 6) is 0.722. The van der Waals surface area contributed by atoms with E-state index < -0.39 is 5.54 Å². The summed E-state index contributed by atoms with van der Waals surface area (Å²) in [4.78, 5) is 18.2. The fraction of sp³-hybridized carbons (Fsp3) is 0.273. The van der Waals surface area contributed by atoms with Gasteiger partial charge in [-0.25, -0.2) is 9.78 Å². The van der Waals surface area contributed by atoms with E-state index in [9.17, 15) is 4.79 Å². The minimum Gasteiger partial charge on any atom is -0.440 e. The maximum absolute atomic E-state index is 10.3. The highest BCUT2D eigenvalue weighted by molar-refractivity contribution is 5.74. The average molecular weight is 200 g/mol. The van der Waals surface area contributed by atoms with Crippen LogP contribution in [0.15, 0.2) is 33.8 Å². The summed E-state index contributed by atoms with van der Waals surface area (Å²) in [6, 6.07) is 5.68. The smallest absolute Gasteiger partial charge is 0.235 e. The average Bonchev–Trinajstić information content (AvgIpc) is 2.91. The largest absolute Gasteiger partial charge is 0.440 e. The zero-order valence-corrected chi connectivity index (χ0v) is 7.93. The first-order valence-corrected chi connectivity index (χ1v) is 4.78. The molecule has 2 aromatic rings. The molecule has 0 bridgehead atoms. The van der Waals surface area contributed by atoms with E-state index in [0.29, 0.717) is 5.71 Å². The third kappa shape index (κ3) is 1.19. The fourth-order valence-electron chi connectivity index (χ4n) is 1.72. The number of aromatic nitrogens is 1. The number of hydrogen-bond donors (Lipinski definition) is 0. The van der Waals surface area contributed by atoms with E-state index in [-0.39, 0.29) is 0 Å². The van der Waals surface area contributed by atoms with Gasteiger partial charge in [0.05, 0.1) is 0 Å². The molecule has 1 aliphatic carbocycles. The van der Waals surface area contributed by atoms with Crippen LogP contribution in [0.4, 0.5) is 0 Å². The van der Waals surface area contributed by atoms with Gasteiger partial charge in [0.15, 0.2) is 0 Å². The Morgan fingerprint density at radius 1 is 1.53 bits per heavy atom. The number of aliphatic imine (C=N–C) groups is 1. The molecule has 2 aromatic heterocycles. The molecule has 1 aliphatic rings. The second-order valence-corrected chi connectivity index (χ2v) is 3.74. The van der Waals surface area contributed by atoms with Crippen molar-refractivity contribution in [1.82, 2.24) is 4.98 Å². The van der Waals surface area contributed by atoms with Crippen molar-refractivity contribution in [3.05, 3.63) is 30.2 Å². The minimum atomic E-state index is -0.442. The highest BCUT2D eigenvalue weighted by Crippen LogP contribution is 2.50. The standard InChI is InChI=1S/C11H8N2O2/c14-7-13-11(3-4-11)9-6-8-2-1-5-12-10(8)15-9/h1-2,5-6H,3-4H2. The zero-order chi connectivity index (χ0) is 10.3. The molecule has 0 atom stereocenters. The van der Waals surface area contributed by atoms with Crippen LogP contribution in [0.5, 0.6) is 0 Å². The third-order valence-corrected chi connectivity index (χ3v) is 2.74. The highest BCUT2D eigenvalue weighted by atomic mass is 16.3. The van der Waals surface area contributed by atoms with Gasteiger partial charge in [-0.05, 0) is 31.0 Å². The van der Waals surface area contributed by atoms with Crippen LogP contribution in [-0.2, 0) is 10.3 Å². The van der Waals surface area contributed by atoms with Gasteiger partial charge in [-0.15, -0.1) is 0 Å². The second-order valence-electron chi connectivity index (χ2n) is 3.74. The Morgan fingerprint density at radius 2 is 2.40 bits per heavy atom. The highest BCUT2D eigenvalue weighted by Gasteiger charge is 2.48. The van der Waals surface area contributed by atoms with Gasteiger partial charge in [0.25, 0.3) is 0 Å². The molecule has 1 fully saturated rings. The molecule has 0 unspecified atom stereocenters. The number of nitrogens with zero attached hydrogens (tertiary/aromatic N) is 2. The van der Waals surface area contributed by atoms with Crippen LogP contribution < -0.4 is 0 Å². The van der Waals surface area contributed by atoms with E-state index in [0.717, 1.165) is 24.0 Å². The normalized spacial score (nSPS) is 17.3. The summed E-state index contributed by atoms with van der Waals surface area (Å²) < 4.78 is 5.56. The van der Waals surface area contributed by atoms with Crippen LogP contribution in [-0.4, -0.2) is 11.1 Å². The lowest BCUT2D eigenvalue weighted by molar-refractivity contribution is 0.476. The summed E-state index contributed by atoms with van der Waals surface area (Å²) in [5.41, 5.74) is 0.155. The number of carbonyl (C=O) groups excluding carboxylic acids is 1. The molecule has 4 heteroatoms. The van der Waals surface area contributed by atoms with Crippen LogP contribution in [0.2, 0.25) is 0 Å². The van der Waals surface area contributed by atoms with Crippen LogP contribution in [0.3, 0.4) is 0 Å². The molecule has 0 aliphatic heterocycles. The van der Waals surface area contributed by atoms with Gasteiger partial charge in [0.2, 0.25) is 11.8 Å². The Bertz CT molecular complexity index is 530. The van der Waals surface area contributed by atoms with Gasteiger partial charge in [-0.3, -0.25) is 0 Å². The molecular formula is C11H8N2O2. The minimum absolute atomic E-state index is 0.442. The van der Waals surface area contributed by atoms with E-state index in [1.165, 1.54) is 0 Å². The summed E-state index contributed by atoms with van der Waals surface area (Å²) in [7, 11) is 0. The van der Waals surface area contributed by atoms with Gasteiger partial charge < -0.3 is 4.42 Å². The number of rotatable bonds is 2. The van der Waals surface area contributed by atoms with Crippen LogP contribution in [0.25, 0.3) is 11.1 Å². The topological polar surface area (TPSA) is 55.5 Å². The predicted molar refractivity (Wildman–Crippen MR) is 53.0 cm³/mol. The zero-order valence-electron chi connectivity index (χ0n) is 7.93. The monoisotopic (exact) mass is 200 g/mol. The Balaban J connectivity index is 2.16. The van der Waals surface area contributed by atoms with Crippen molar-refractivity contribution in [3.8, 4) is 0 Å². The van der Waals surface area contributed by atoms with E-state index in [2.05, 4.69) is 9.98 Å². The molecule has 0 N–H and O–H groups in total. The van der Waals surface area contributed by atoms with Gasteiger partial charge >= 0.3 is 0 Å². The summed E-state index contributed by atoms with van der Waals surface area (Å²) in [6.45, 7) is 0. The SMILES string of the molecule is O=C=NC1(c2cc3cccnc3o2)CC1. The van der Waals surface area contributed by atoms with Crippen LogP contribution >= 0.6 is 0 Å². The number of hydrogen-bond acceptors (Lipinski definition) is 4. The van der Waals surface area contributed by atoms with Gasteiger partial charge in [-0.1, -0.05) is 0 Å². The van der Waals surface area contributed by atoms with Crippen LogP contribution in [0.1, 0.15) is 18.6 Å². The van der Waals surface area contributed by atoms with Crippen molar-refractivity contribution in [2.45, 2.75) is 18.4 Å². The van der Waals surface area contributed by atoms with Gasteiger partial charge in [0.1, 0.15) is 11.3 Å². The number of furan rings is 1. The van der Waals surface area contributed by atoms with Crippen molar-refractivity contribution in [1.29, 1.82) is 0 Å². The molecule has 4 nitrogen and oxygen atoms in total. The van der Waals surface area contributed by atoms with E-state index >= 15 is 0 Å². The Hall–Kier alpha value is -1.93. The molecule has 1 saturated carbocycles. The molecule has 3 rings (SSSR count). The van der Waals surface area contributed by atoms with E-state index in [1.54, 1.807) is 12.3 Å². The van der Waals surface area contributed by atoms with Crippen molar-refractivity contribution in [3.63, 3.8) is 0 Å². The maximum Gasteiger partial charge on any atom is 0.235 e. The molecule has 15 heavy (non-hydrogen) atoms. The van der Waals surface area contributed by atoms with Crippen molar-refractivity contribution < 1.29 is 9.21 Å². The summed E-state index contributed by atoms with van der Waals surface area (Å²) >= 11 is 0. The lowest BCUT2D eigenvalue weighted by atomic mass is 10.2. The van der Waals surface area contributed by atoms with Gasteiger partial charge in [-0.2, -0.15) is 4.99 Å². The predicted octanol–water partition coefficient (Wildman–Crippen LogP) is 2.15. The van der Waals surface area contributed by atoms with E-state index in [1.807, 2.05) is 18.2 Å². The Morgan fingerprint density at radius 3 is 3.07 bits per heavy atom. The lowest BCUT2D eigenvalue weighted by Crippen LogP contribution is -1.99. The van der Waals surface area contributed by atoms with Crippen molar-refractivity contribution in [2.24, 2.45) is 4.99 Å². The molecular weight excluding hydrogens is 192 g/mol. The first-order valence-electron chi connectivity index (χ1n) is 4.78. The Kier molecular flexibility index (Phi) is 1.55. The quantitative estimate of drug-likeness (QED) is 0.551. The molecule has 74 valence electrons. The summed E-state index contributed by atoms with van der Waals surface area (Å²) in [6.07, 6.45) is 4.99. The molecule has 0 saturated heterocycles. The lowest BCUT2D eigenvalue weighted by Gasteiger charge is -2.00. The maximum atomic E-state index is 10.3. The third-order valence-electron chi connectivity index (χ3n) is 2.74. The number of pyridine rings is 1. The molecule has 0 aromatic carbocycles. The number of fused-ring (bicyclic) bond motifs is 1. The molecule has 0 spiro atoms. The molecule has 0 amide bonds. The first kappa shape index (κ1) is 8.38.